The molecule has 2 aromatic heterocycles. The van der Waals surface area contributed by atoms with Crippen LogP contribution in [0.1, 0.15) is 0 Å². The van der Waals surface area contributed by atoms with Crippen molar-refractivity contribution in [1.82, 2.24) is 14.5 Å². The first-order valence-electron chi connectivity index (χ1n) is 5.50. The highest BCUT2D eigenvalue weighted by Gasteiger charge is 2.13. The molecule has 0 saturated carbocycles. The average Bonchev–Trinajstić information content (AvgIpc) is 2.70. The molecule has 3 N–H and O–H groups in total. The predicted molar refractivity (Wildman–Crippen MR) is 82.7 cm³/mol. The van der Waals surface area contributed by atoms with E-state index in [1.165, 1.54) is 5.52 Å². The van der Waals surface area contributed by atoms with Crippen molar-refractivity contribution in [2.45, 2.75) is 0 Å². The van der Waals surface area contributed by atoms with Gasteiger partial charge in [-0.15, -0.1) is 0 Å². The van der Waals surface area contributed by atoms with Gasteiger partial charge >= 0.3 is 0 Å². The lowest BCUT2D eigenvalue weighted by atomic mass is 10.1. The van der Waals surface area contributed by atoms with Crippen molar-refractivity contribution in [1.29, 1.82) is 0 Å². The molecule has 2 heterocycles. The SMILES string of the molecule is CNc1nc(N)nc2cc(I)c3c(ccn3C)c12. The first kappa shape index (κ1) is 11.5. The van der Waals surface area contributed by atoms with E-state index in [9.17, 15) is 0 Å². The average molecular weight is 353 g/mol. The van der Waals surface area contributed by atoms with E-state index >= 15 is 0 Å². The maximum absolute atomic E-state index is 5.73. The minimum absolute atomic E-state index is 0.290. The number of hydrogen-bond donors (Lipinski definition) is 2. The quantitative estimate of drug-likeness (QED) is 0.659. The van der Waals surface area contributed by atoms with Gasteiger partial charge in [-0.2, -0.15) is 4.98 Å². The summed E-state index contributed by atoms with van der Waals surface area (Å²) in [7, 11) is 3.88. The highest BCUT2D eigenvalue weighted by Crippen LogP contribution is 2.33. The van der Waals surface area contributed by atoms with Crippen molar-refractivity contribution in [2.75, 3.05) is 18.1 Å². The fourth-order valence-corrected chi connectivity index (χ4v) is 3.23. The van der Waals surface area contributed by atoms with Gasteiger partial charge in [0.25, 0.3) is 0 Å². The van der Waals surface area contributed by atoms with E-state index in [1.54, 1.807) is 0 Å². The molecule has 92 valence electrons. The second-order valence-corrected chi connectivity index (χ2v) is 5.28. The normalized spacial score (nSPS) is 11.3. The van der Waals surface area contributed by atoms with E-state index in [4.69, 9.17) is 5.73 Å². The number of rotatable bonds is 1. The maximum Gasteiger partial charge on any atom is 0.222 e. The van der Waals surface area contributed by atoms with Gasteiger partial charge in [0.05, 0.1) is 16.4 Å². The van der Waals surface area contributed by atoms with Crippen LogP contribution in [0.5, 0.6) is 0 Å². The number of nitrogens with two attached hydrogens (primary N) is 1. The van der Waals surface area contributed by atoms with E-state index < -0.39 is 0 Å². The second-order valence-electron chi connectivity index (χ2n) is 4.12. The van der Waals surface area contributed by atoms with Crippen LogP contribution in [0, 0.1) is 3.57 Å². The van der Waals surface area contributed by atoms with Gasteiger partial charge in [0.1, 0.15) is 5.82 Å². The fraction of sp³-hybridized carbons (Fsp3) is 0.167. The number of fused-ring (bicyclic) bond motifs is 3. The first-order valence-corrected chi connectivity index (χ1v) is 6.58. The molecule has 0 bridgehead atoms. The third-order valence-corrected chi connectivity index (χ3v) is 3.85. The third-order valence-electron chi connectivity index (χ3n) is 3.02. The Bertz CT molecular complexity index is 762. The number of nitrogens with one attached hydrogen (secondary N) is 1. The largest absolute Gasteiger partial charge is 0.372 e. The van der Waals surface area contributed by atoms with Gasteiger partial charge in [-0.3, -0.25) is 0 Å². The Kier molecular flexibility index (Phi) is 2.54. The molecule has 6 heteroatoms. The van der Waals surface area contributed by atoms with Crippen molar-refractivity contribution in [3.63, 3.8) is 0 Å². The summed E-state index contributed by atoms with van der Waals surface area (Å²) in [6, 6.07) is 4.12. The molecule has 3 aromatic rings. The molecule has 18 heavy (non-hydrogen) atoms. The first-order chi connectivity index (χ1) is 8.61. The van der Waals surface area contributed by atoms with E-state index in [-0.39, 0.29) is 5.95 Å². The fourth-order valence-electron chi connectivity index (χ4n) is 2.26. The van der Waals surface area contributed by atoms with Crippen LogP contribution >= 0.6 is 22.6 Å². The van der Waals surface area contributed by atoms with Crippen LogP contribution < -0.4 is 11.1 Å². The summed E-state index contributed by atoms with van der Waals surface area (Å²) in [6.45, 7) is 0. The zero-order valence-electron chi connectivity index (χ0n) is 10.0. The Balaban J connectivity index is 2.60. The van der Waals surface area contributed by atoms with Crippen LogP contribution in [0.25, 0.3) is 21.8 Å². The molecule has 0 amide bonds. The van der Waals surface area contributed by atoms with Gasteiger partial charge in [0.15, 0.2) is 0 Å². The van der Waals surface area contributed by atoms with E-state index in [0.29, 0.717) is 0 Å². The van der Waals surface area contributed by atoms with Gasteiger partial charge in [0.2, 0.25) is 5.95 Å². The number of nitrogens with zero attached hydrogens (tertiary/aromatic N) is 3. The van der Waals surface area contributed by atoms with Gasteiger partial charge in [-0.1, -0.05) is 0 Å². The Labute approximate surface area is 118 Å². The van der Waals surface area contributed by atoms with Gasteiger partial charge in [-0.05, 0) is 34.7 Å². The number of benzene rings is 1. The van der Waals surface area contributed by atoms with E-state index in [2.05, 4.69) is 48.5 Å². The van der Waals surface area contributed by atoms with E-state index in [1.807, 2.05) is 26.4 Å². The number of aryl methyl sites for hydroxylation is 1. The molecule has 1 aromatic carbocycles. The van der Waals surface area contributed by atoms with Crippen LogP contribution in [-0.4, -0.2) is 21.6 Å². The number of nitrogen functional groups attached to an aromatic ring is 1. The van der Waals surface area contributed by atoms with Crippen molar-refractivity contribution in [3.05, 3.63) is 21.9 Å². The Morgan fingerprint density at radius 1 is 1.39 bits per heavy atom. The summed E-state index contributed by atoms with van der Waals surface area (Å²) in [4.78, 5) is 8.57. The lowest BCUT2D eigenvalue weighted by molar-refractivity contribution is 0.967. The highest BCUT2D eigenvalue weighted by molar-refractivity contribution is 14.1. The lowest BCUT2D eigenvalue weighted by Crippen LogP contribution is -2.02. The van der Waals surface area contributed by atoms with Crippen molar-refractivity contribution in [2.24, 2.45) is 7.05 Å². The minimum Gasteiger partial charge on any atom is -0.372 e. The zero-order valence-corrected chi connectivity index (χ0v) is 12.2. The van der Waals surface area contributed by atoms with Gasteiger partial charge in [-0.25, -0.2) is 4.98 Å². The summed E-state index contributed by atoms with van der Waals surface area (Å²) in [5.41, 5.74) is 7.79. The Hall–Kier alpha value is -1.57. The number of anilines is 2. The molecular formula is C12H12IN5. The van der Waals surface area contributed by atoms with Crippen molar-refractivity contribution >= 4 is 56.2 Å². The summed E-state index contributed by atoms with van der Waals surface area (Å²) < 4.78 is 3.26. The number of aromatic nitrogens is 3. The lowest BCUT2D eigenvalue weighted by Gasteiger charge is -2.09. The van der Waals surface area contributed by atoms with Gasteiger partial charge in [0, 0.05) is 29.2 Å². The van der Waals surface area contributed by atoms with Crippen LogP contribution in [0.2, 0.25) is 0 Å². The Morgan fingerprint density at radius 3 is 2.89 bits per heavy atom. The standard InChI is InChI=1S/C12H12IN5/c1-15-11-9-6-3-4-18(2)10(6)7(13)5-8(9)16-12(14)17-11/h3-5H,1-2H3,(H3,14,15,16,17). The van der Waals surface area contributed by atoms with Crippen LogP contribution in [0.15, 0.2) is 18.3 Å². The second kappa shape index (κ2) is 3.98. The molecule has 0 saturated heterocycles. The molecule has 0 radical (unpaired) electrons. The third kappa shape index (κ3) is 1.52. The molecule has 0 spiro atoms. The number of hydrogen-bond acceptors (Lipinski definition) is 4. The summed E-state index contributed by atoms with van der Waals surface area (Å²) >= 11 is 2.32. The van der Waals surface area contributed by atoms with Crippen molar-refractivity contribution < 1.29 is 0 Å². The summed E-state index contributed by atoms with van der Waals surface area (Å²) in [5, 5.41) is 5.25. The molecule has 0 aliphatic rings. The Morgan fingerprint density at radius 2 is 2.17 bits per heavy atom. The molecule has 3 rings (SSSR count). The molecule has 0 unspecified atom stereocenters. The predicted octanol–water partition coefficient (Wildman–Crippen LogP) is 2.35. The number of halogens is 1. The summed E-state index contributed by atoms with van der Waals surface area (Å²) in [6.07, 6.45) is 2.04. The van der Waals surface area contributed by atoms with Crippen LogP contribution in [0.4, 0.5) is 11.8 Å². The molecule has 0 aliphatic carbocycles. The molecular weight excluding hydrogens is 341 g/mol. The molecule has 0 aliphatic heterocycles. The van der Waals surface area contributed by atoms with Crippen LogP contribution in [0.3, 0.4) is 0 Å². The molecule has 0 fully saturated rings. The zero-order chi connectivity index (χ0) is 12.9. The smallest absolute Gasteiger partial charge is 0.222 e. The highest BCUT2D eigenvalue weighted by atomic mass is 127. The van der Waals surface area contributed by atoms with Gasteiger partial charge < -0.3 is 15.6 Å². The summed E-state index contributed by atoms with van der Waals surface area (Å²) in [5.74, 6) is 1.06. The van der Waals surface area contributed by atoms with Crippen molar-refractivity contribution in [3.8, 4) is 0 Å². The van der Waals surface area contributed by atoms with E-state index in [0.717, 1.165) is 25.7 Å². The molecule has 5 nitrogen and oxygen atoms in total. The monoisotopic (exact) mass is 353 g/mol. The molecule has 0 atom stereocenters. The minimum atomic E-state index is 0.290. The van der Waals surface area contributed by atoms with Crippen LogP contribution in [-0.2, 0) is 7.05 Å². The topological polar surface area (TPSA) is 68.8 Å². The maximum atomic E-state index is 5.73.